The molecule has 0 aromatic carbocycles. The number of ether oxygens (including phenoxy) is 2. The van der Waals surface area contributed by atoms with Crippen molar-refractivity contribution in [2.24, 2.45) is 0 Å². The van der Waals surface area contributed by atoms with Crippen molar-refractivity contribution in [3.8, 4) is 0 Å². The lowest BCUT2D eigenvalue weighted by Gasteiger charge is -2.31. The third-order valence-corrected chi connectivity index (χ3v) is 4.80. The minimum atomic E-state index is 0.496. The zero-order chi connectivity index (χ0) is 13.5. The van der Waals surface area contributed by atoms with E-state index in [1.165, 1.54) is 51.4 Å². The Hall–Kier alpha value is -0.160. The number of hydrogen-bond donors (Lipinski definition) is 2. The average molecular weight is 270 g/mol. The molecule has 2 aliphatic carbocycles. The van der Waals surface area contributed by atoms with E-state index in [0.717, 1.165) is 6.67 Å². The Morgan fingerprint density at radius 3 is 1.37 bits per heavy atom. The van der Waals surface area contributed by atoms with Gasteiger partial charge in [-0.1, -0.05) is 0 Å². The molecule has 0 aromatic rings. The van der Waals surface area contributed by atoms with Crippen LogP contribution in [0.15, 0.2) is 0 Å². The summed E-state index contributed by atoms with van der Waals surface area (Å²) in [5, 5.41) is 7.28. The lowest BCUT2D eigenvalue weighted by atomic mass is 9.92. The second-order valence-corrected chi connectivity index (χ2v) is 6.00. The van der Waals surface area contributed by atoms with Crippen LogP contribution >= 0.6 is 0 Å². The Morgan fingerprint density at radius 2 is 1.05 bits per heavy atom. The van der Waals surface area contributed by atoms with Crippen LogP contribution in [0.2, 0.25) is 0 Å². The van der Waals surface area contributed by atoms with Crippen LogP contribution in [-0.4, -0.2) is 45.2 Å². The summed E-state index contributed by atoms with van der Waals surface area (Å²) < 4.78 is 10.8. The highest BCUT2D eigenvalue weighted by Gasteiger charge is 2.22. The standard InChI is InChI=1S/C15H30N2O2/c1-18-14-7-3-12(4-8-14)16-11-17-13-5-9-15(19-2)10-6-13/h12-17H,3-11H2,1-2H3. The topological polar surface area (TPSA) is 42.5 Å². The van der Waals surface area contributed by atoms with Crippen LogP contribution in [0.4, 0.5) is 0 Å². The Balaban J connectivity index is 1.53. The first-order valence-electron chi connectivity index (χ1n) is 7.84. The molecule has 0 aromatic heterocycles. The molecule has 0 heterocycles. The molecular weight excluding hydrogens is 240 g/mol. The highest BCUT2D eigenvalue weighted by atomic mass is 16.5. The minimum Gasteiger partial charge on any atom is -0.381 e. The molecule has 19 heavy (non-hydrogen) atoms. The van der Waals surface area contributed by atoms with Crippen LogP contribution in [0.5, 0.6) is 0 Å². The Morgan fingerprint density at radius 1 is 0.684 bits per heavy atom. The van der Waals surface area contributed by atoms with E-state index >= 15 is 0 Å². The molecule has 2 fully saturated rings. The molecule has 4 nitrogen and oxygen atoms in total. The summed E-state index contributed by atoms with van der Waals surface area (Å²) in [4.78, 5) is 0. The lowest BCUT2D eigenvalue weighted by molar-refractivity contribution is 0.0586. The van der Waals surface area contributed by atoms with Crippen molar-refractivity contribution in [2.45, 2.75) is 75.7 Å². The summed E-state index contributed by atoms with van der Waals surface area (Å²) in [6, 6.07) is 1.35. The molecule has 0 saturated heterocycles. The monoisotopic (exact) mass is 270 g/mol. The molecule has 0 aliphatic heterocycles. The molecule has 2 aliphatic rings. The third kappa shape index (κ3) is 5.03. The number of nitrogens with one attached hydrogen (secondary N) is 2. The second-order valence-electron chi connectivity index (χ2n) is 6.00. The van der Waals surface area contributed by atoms with Gasteiger partial charge in [0.1, 0.15) is 0 Å². The zero-order valence-electron chi connectivity index (χ0n) is 12.5. The van der Waals surface area contributed by atoms with Crippen LogP contribution < -0.4 is 10.6 Å². The zero-order valence-corrected chi connectivity index (χ0v) is 12.5. The molecule has 2 rings (SSSR count). The molecule has 0 spiro atoms. The van der Waals surface area contributed by atoms with E-state index in [-0.39, 0.29) is 0 Å². The van der Waals surface area contributed by atoms with E-state index in [4.69, 9.17) is 9.47 Å². The van der Waals surface area contributed by atoms with Crippen LogP contribution in [0.25, 0.3) is 0 Å². The van der Waals surface area contributed by atoms with E-state index in [1.54, 1.807) is 0 Å². The molecule has 0 amide bonds. The van der Waals surface area contributed by atoms with Gasteiger partial charge in [-0.2, -0.15) is 0 Å². The number of hydrogen-bond acceptors (Lipinski definition) is 4. The molecule has 0 unspecified atom stereocenters. The summed E-state index contributed by atoms with van der Waals surface area (Å²) in [6.07, 6.45) is 10.8. The third-order valence-electron chi connectivity index (χ3n) is 4.80. The summed E-state index contributed by atoms with van der Waals surface area (Å²) in [5.41, 5.74) is 0. The quantitative estimate of drug-likeness (QED) is 0.725. The van der Waals surface area contributed by atoms with E-state index in [0.29, 0.717) is 24.3 Å². The maximum absolute atomic E-state index is 5.40. The first-order valence-corrected chi connectivity index (χ1v) is 7.84. The van der Waals surface area contributed by atoms with Gasteiger partial charge in [0.05, 0.1) is 12.2 Å². The molecule has 2 N–H and O–H groups in total. The van der Waals surface area contributed by atoms with Crippen molar-refractivity contribution in [3.63, 3.8) is 0 Å². The maximum atomic E-state index is 5.40. The van der Waals surface area contributed by atoms with Crippen LogP contribution in [0.3, 0.4) is 0 Å². The van der Waals surface area contributed by atoms with Gasteiger partial charge in [0, 0.05) is 33.0 Å². The van der Waals surface area contributed by atoms with Crippen molar-refractivity contribution < 1.29 is 9.47 Å². The van der Waals surface area contributed by atoms with Gasteiger partial charge in [-0.25, -0.2) is 0 Å². The molecule has 0 bridgehead atoms. The fourth-order valence-corrected chi connectivity index (χ4v) is 3.35. The highest BCUT2D eigenvalue weighted by Crippen LogP contribution is 2.21. The predicted molar refractivity (Wildman–Crippen MR) is 77.2 cm³/mol. The molecule has 0 radical (unpaired) electrons. The van der Waals surface area contributed by atoms with Crippen molar-refractivity contribution >= 4 is 0 Å². The van der Waals surface area contributed by atoms with E-state index < -0.39 is 0 Å². The van der Waals surface area contributed by atoms with E-state index in [1.807, 2.05) is 14.2 Å². The van der Waals surface area contributed by atoms with Crippen molar-refractivity contribution in [3.05, 3.63) is 0 Å². The first kappa shape index (κ1) is 15.2. The molecular formula is C15H30N2O2. The van der Waals surface area contributed by atoms with Gasteiger partial charge in [-0.15, -0.1) is 0 Å². The number of rotatable bonds is 6. The normalized spacial score (nSPS) is 36.3. The van der Waals surface area contributed by atoms with Gasteiger partial charge >= 0.3 is 0 Å². The number of methoxy groups -OCH3 is 2. The van der Waals surface area contributed by atoms with Gasteiger partial charge in [0.25, 0.3) is 0 Å². The summed E-state index contributed by atoms with van der Waals surface area (Å²) >= 11 is 0. The van der Waals surface area contributed by atoms with Crippen molar-refractivity contribution in [2.75, 3.05) is 20.9 Å². The largest absolute Gasteiger partial charge is 0.381 e. The SMILES string of the molecule is COC1CCC(NCNC2CCC(OC)CC2)CC1. The van der Waals surface area contributed by atoms with Gasteiger partial charge in [-0.3, -0.25) is 0 Å². The Labute approximate surface area is 117 Å². The highest BCUT2D eigenvalue weighted by molar-refractivity contribution is 4.80. The Bertz CT molecular complexity index is 210. The average Bonchev–Trinajstić information content (AvgIpc) is 2.49. The summed E-state index contributed by atoms with van der Waals surface area (Å²) in [5.74, 6) is 0. The fraction of sp³-hybridized carbons (Fsp3) is 1.00. The summed E-state index contributed by atoms with van der Waals surface area (Å²) in [7, 11) is 3.66. The molecule has 4 heteroatoms. The van der Waals surface area contributed by atoms with Gasteiger partial charge in [0.15, 0.2) is 0 Å². The van der Waals surface area contributed by atoms with Crippen molar-refractivity contribution in [1.29, 1.82) is 0 Å². The first-order chi connectivity index (χ1) is 9.31. The van der Waals surface area contributed by atoms with E-state index in [2.05, 4.69) is 10.6 Å². The summed E-state index contributed by atoms with van der Waals surface area (Å²) in [6.45, 7) is 0.949. The maximum Gasteiger partial charge on any atom is 0.0572 e. The van der Waals surface area contributed by atoms with E-state index in [9.17, 15) is 0 Å². The van der Waals surface area contributed by atoms with Crippen molar-refractivity contribution in [1.82, 2.24) is 10.6 Å². The van der Waals surface area contributed by atoms with Gasteiger partial charge < -0.3 is 20.1 Å². The lowest BCUT2D eigenvalue weighted by Crippen LogP contribution is -2.45. The molecule has 112 valence electrons. The molecule has 0 atom stereocenters. The second kappa shape index (κ2) is 8.20. The molecule has 2 saturated carbocycles. The van der Waals surface area contributed by atoms with Crippen LogP contribution in [-0.2, 0) is 9.47 Å². The van der Waals surface area contributed by atoms with Gasteiger partial charge in [-0.05, 0) is 51.4 Å². The van der Waals surface area contributed by atoms with Crippen LogP contribution in [0.1, 0.15) is 51.4 Å². The predicted octanol–water partition coefficient (Wildman–Crippen LogP) is 2.04. The smallest absolute Gasteiger partial charge is 0.0572 e. The Kier molecular flexibility index (Phi) is 6.57. The van der Waals surface area contributed by atoms with Gasteiger partial charge in [0.2, 0.25) is 0 Å². The fourth-order valence-electron chi connectivity index (χ4n) is 3.35. The van der Waals surface area contributed by atoms with Crippen LogP contribution in [0, 0.1) is 0 Å². The minimum absolute atomic E-state index is 0.496.